The molecular weight excluding hydrogens is 430 g/mol. The molecular formula is C22H31N5O2S2. The number of benzene rings is 1. The summed E-state index contributed by atoms with van der Waals surface area (Å²) in [5, 5.41) is 2.16. The van der Waals surface area contributed by atoms with Crippen LogP contribution in [0.5, 0.6) is 5.75 Å². The fourth-order valence-electron chi connectivity index (χ4n) is 4.10. The van der Waals surface area contributed by atoms with E-state index in [1.807, 2.05) is 18.2 Å². The number of carbonyl (C=O) groups is 1. The normalized spacial score (nSPS) is 24.2. The Morgan fingerprint density at radius 2 is 2.03 bits per heavy atom. The minimum absolute atomic E-state index is 0.0807. The van der Waals surface area contributed by atoms with Gasteiger partial charge in [0, 0.05) is 37.2 Å². The summed E-state index contributed by atoms with van der Waals surface area (Å²) < 4.78 is 5.50. The number of hydrazine groups is 1. The largest absolute Gasteiger partial charge is 0.495 e. The smallest absolute Gasteiger partial charge is 0.272 e. The van der Waals surface area contributed by atoms with Gasteiger partial charge in [-0.15, -0.1) is 11.8 Å². The molecule has 0 saturated carbocycles. The van der Waals surface area contributed by atoms with Crippen molar-refractivity contribution in [2.24, 2.45) is 10.8 Å². The monoisotopic (exact) mass is 461 g/mol. The highest BCUT2D eigenvalue weighted by molar-refractivity contribution is 8.13. The molecule has 3 aliphatic rings. The van der Waals surface area contributed by atoms with Crippen molar-refractivity contribution in [1.29, 1.82) is 0 Å². The van der Waals surface area contributed by atoms with Crippen LogP contribution in [0.4, 0.5) is 5.69 Å². The van der Waals surface area contributed by atoms with E-state index in [1.165, 1.54) is 10.7 Å². The number of para-hydroxylation sites is 2. The Hall–Kier alpha value is -1.68. The molecule has 0 spiro atoms. The van der Waals surface area contributed by atoms with E-state index in [0.29, 0.717) is 10.4 Å². The number of piperazine rings is 1. The molecule has 0 aromatic heterocycles. The summed E-state index contributed by atoms with van der Waals surface area (Å²) in [6, 6.07) is 8.21. The van der Waals surface area contributed by atoms with Crippen molar-refractivity contribution in [3.8, 4) is 5.75 Å². The number of fused-ring (bicyclic) bond motifs is 1. The fourth-order valence-corrected chi connectivity index (χ4v) is 6.26. The van der Waals surface area contributed by atoms with Gasteiger partial charge in [0.1, 0.15) is 11.1 Å². The molecule has 1 amide bonds. The van der Waals surface area contributed by atoms with Crippen LogP contribution < -0.4 is 15.5 Å². The average Bonchev–Trinajstić information content (AvgIpc) is 3.23. The number of nitrogens with zero attached hydrogens (tertiary/aromatic N) is 4. The lowest BCUT2D eigenvalue weighted by Crippen LogP contribution is -2.47. The van der Waals surface area contributed by atoms with Gasteiger partial charge in [-0.25, -0.2) is 15.8 Å². The lowest BCUT2D eigenvalue weighted by molar-refractivity contribution is -0.123. The number of aliphatic imine (C=N–C) groups is 1. The molecule has 2 atom stereocenters. The summed E-state index contributed by atoms with van der Waals surface area (Å²) in [7, 11) is 1.73. The Morgan fingerprint density at radius 3 is 2.77 bits per heavy atom. The predicted molar refractivity (Wildman–Crippen MR) is 131 cm³/mol. The molecule has 31 heavy (non-hydrogen) atoms. The molecule has 1 fully saturated rings. The molecule has 0 aliphatic carbocycles. The molecule has 1 aromatic carbocycles. The van der Waals surface area contributed by atoms with E-state index in [1.54, 1.807) is 30.6 Å². The van der Waals surface area contributed by atoms with Gasteiger partial charge < -0.3 is 9.64 Å². The first-order valence-electron chi connectivity index (χ1n) is 10.9. The molecule has 1 aromatic rings. The van der Waals surface area contributed by atoms with Gasteiger partial charge in [-0.2, -0.15) is 0 Å². The average molecular weight is 462 g/mol. The van der Waals surface area contributed by atoms with Gasteiger partial charge in [-0.1, -0.05) is 36.9 Å². The van der Waals surface area contributed by atoms with E-state index in [-0.39, 0.29) is 11.3 Å². The Kier molecular flexibility index (Phi) is 7.47. The molecule has 3 heterocycles. The first kappa shape index (κ1) is 22.5. The highest BCUT2D eigenvalue weighted by Crippen LogP contribution is 2.39. The van der Waals surface area contributed by atoms with Crippen LogP contribution in [0.1, 0.15) is 19.8 Å². The van der Waals surface area contributed by atoms with Gasteiger partial charge in [0.2, 0.25) is 0 Å². The van der Waals surface area contributed by atoms with E-state index in [9.17, 15) is 4.79 Å². The first-order chi connectivity index (χ1) is 15.1. The topological polar surface area (TPSA) is 74.4 Å². The van der Waals surface area contributed by atoms with Crippen LogP contribution in [0.15, 0.2) is 40.9 Å². The number of hydrogen-bond acceptors (Lipinski definition) is 8. The fraction of sp³-hybridized carbons (Fsp3) is 0.545. The summed E-state index contributed by atoms with van der Waals surface area (Å²) >= 11 is 3.34. The molecule has 1 saturated heterocycles. The minimum atomic E-state index is -0.0987. The second-order valence-corrected chi connectivity index (χ2v) is 10.2. The van der Waals surface area contributed by atoms with Gasteiger partial charge in [-0.05, 0) is 31.5 Å². The van der Waals surface area contributed by atoms with Crippen LogP contribution in [0.25, 0.3) is 0 Å². The molecule has 0 radical (unpaired) electrons. The van der Waals surface area contributed by atoms with E-state index >= 15 is 0 Å². The van der Waals surface area contributed by atoms with Crippen LogP contribution in [0.3, 0.4) is 0 Å². The summed E-state index contributed by atoms with van der Waals surface area (Å²) in [5.41, 5.74) is 1.92. The number of nitrogens with two attached hydrogens (primary N) is 1. The molecule has 3 aliphatic heterocycles. The first-order valence-corrected chi connectivity index (χ1v) is 12.8. The van der Waals surface area contributed by atoms with Gasteiger partial charge in [0.25, 0.3) is 5.91 Å². The molecule has 0 bridgehead atoms. The maximum atomic E-state index is 12.6. The second kappa shape index (κ2) is 10.3. The molecule has 2 unspecified atom stereocenters. The minimum Gasteiger partial charge on any atom is -0.495 e. The van der Waals surface area contributed by atoms with E-state index in [0.717, 1.165) is 62.6 Å². The second-order valence-electron chi connectivity index (χ2n) is 7.85. The van der Waals surface area contributed by atoms with Gasteiger partial charge in [0.15, 0.2) is 5.17 Å². The van der Waals surface area contributed by atoms with Crippen molar-refractivity contribution < 1.29 is 9.53 Å². The van der Waals surface area contributed by atoms with Crippen molar-refractivity contribution in [3.63, 3.8) is 0 Å². The highest BCUT2D eigenvalue weighted by atomic mass is 32.2. The van der Waals surface area contributed by atoms with Crippen LogP contribution in [-0.4, -0.2) is 77.2 Å². The van der Waals surface area contributed by atoms with Crippen LogP contribution in [-0.2, 0) is 4.79 Å². The Bertz CT molecular complexity index is 854. The zero-order valence-electron chi connectivity index (χ0n) is 18.2. The van der Waals surface area contributed by atoms with E-state index < -0.39 is 0 Å². The number of carbonyl (C=O) groups excluding carboxylic acids is 1. The third kappa shape index (κ3) is 5.05. The Labute approximate surface area is 193 Å². The quantitative estimate of drug-likeness (QED) is 0.380. The molecule has 9 heteroatoms. The number of amidine groups is 1. The summed E-state index contributed by atoms with van der Waals surface area (Å²) in [5.74, 6) is 7.78. The van der Waals surface area contributed by atoms with Crippen LogP contribution in [0.2, 0.25) is 0 Å². The standard InChI is InChI=1S/C22H31N5O2S2/c1-3-16-15-17-20(31-16)24-22(27(23)21(17)28)30-14-6-9-25-10-12-26(13-11-25)18-7-4-5-8-19(18)29-2/h4-5,7-8,15-16,20H,3,6,9-14,23H2,1-2H3. The van der Waals surface area contributed by atoms with Gasteiger partial charge in [0.05, 0.1) is 18.4 Å². The summed E-state index contributed by atoms with van der Waals surface area (Å²) in [4.78, 5) is 22.2. The highest BCUT2D eigenvalue weighted by Gasteiger charge is 2.37. The molecule has 2 N–H and O–H groups in total. The van der Waals surface area contributed by atoms with E-state index in [2.05, 4.69) is 28.9 Å². The number of hydrogen-bond donors (Lipinski definition) is 1. The number of anilines is 1. The number of methoxy groups -OCH3 is 1. The van der Waals surface area contributed by atoms with Crippen molar-refractivity contribution in [3.05, 3.63) is 35.9 Å². The zero-order chi connectivity index (χ0) is 21.8. The predicted octanol–water partition coefficient (Wildman–Crippen LogP) is 2.79. The maximum Gasteiger partial charge on any atom is 0.272 e. The number of ether oxygens (including phenoxy) is 1. The maximum absolute atomic E-state index is 12.6. The third-order valence-corrected chi connectivity index (χ3v) is 8.37. The van der Waals surface area contributed by atoms with Crippen molar-refractivity contribution in [1.82, 2.24) is 9.91 Å². The summed E-state index contributed by atoms with van der Waals surface area (Å²) in [6.07, 6.45) is 4.08. The van der Waals surface area contributed by atoms with E-state index in [4.69, 9.17) is 15.6 Å². The number of thioether (sulfide) groups is 2. The SMILES string of the molecule is CCC1C=C2C(=O)N(N)C(SCCCN3CCN(c4ccccc4OC)CC3)=NC2S1. The lowest BCUT2D eigenvalue weighted by Gasteiger charge is -2.36. The van der Waals surface area contributed by atoms with Crippen molar-refractivity contribution >= 4 is 40.3 Å². The lowest BCUT2D eigenvalue weighted by atomic mass is 10.1. The third-order valence-electron chi connectivity index (χ3n) is 5.89. The zero-order valence-corrected chi connectivity index (χ0v) is 19.8. The van der Waals surface area contributed by atoms with Gasteiger partial charge in [-0.3, -0.25) is 9.69 Å². The molecule has 4 rings (SSSR count). The Morgan fingerprint density at radius 1 is 1.26 bits per heavy atom. The Balaban J connectivity index is 1.21. The van der Waals surface area contributed by atoms with Gasteiger partial charge >= 0.3 is 0 Å². The number of rotatable bonds is 7. The molecule has 168 valence electrons. The molecule has 7 nitrogen and oxygen atoms in total. The van der Waals surface area contributed by atoms with Crippen molar-refractivity contribution in [2.75, 3.05) is 50.5 Å². The summed E-state index contributed by atoms with van der Waals surface area (Å²) in [6.45, 7) is 7.24. The number of amides is 1. The van der Waals surface area contributed by atoms with Crippen LogP contribution in [0, 0.1) is 0 Å². The van der Waals surface area contributed by atoms with Crippen LogP contribution >= 0.6 is 23.5 Å². The van der Waals surface area contributed by atoms with Crippen molar-refractivity contribution in [2.45, 2.75) is 30.4 Å².